The monoisotopic (exact) mass is 478 g/mol. The molecule has 1 aromatic carbocycles. The highest BCUT2D eigenvalue weighted by Gasteiger charge is 2.25. The first-order valence-electron chi connectivity index (χ1n) is 9.05. The maximum atomic E-state index is 12.4. The molecule has 0 aliphatic heterocycles. The number of thiophene rings is 1. The number of ether oxygens (including phenoxy) is 2. The molecule has 0 saturated carbocycles. The van der Waals surface area contributed by atoms with E-state index in [1.807, 2.05) is 0 Å². The Hall–Kier alpha value is -3.70. The van der Waals surface area contributed by atoms with E-state index in [-0.39, 0.29) is 33.4 Å². The van der Waals surface area contributed by atoms with Gasteiger partial charge in [0.25, 0.3) is 11.6 Å². The molecule has 0 spiro atoms. The topological polar surface area (TPSA) is 138 Å². The number of carbonyl (C=O) groups is 3. The summed E-state index contributed by atoms with van der Waals surface area (Å²) in [6.45, 7) is 1.06. The fraction of sp³-hybridized carbons (Fsp3) is 0.150. The van der Waals surface area contributed by atoms with E-state index in [4.69, 9.17) is 25.5 Å². The first-order chi connectivity index (χ1) is 15.3. The first-order valence-corrected chi connectivity index (χ1v) is 10.3. The van der Waals surface area contributed by atoms with Crippen molar-refractivity contribution < 1.29 is 33.2 Å². The second kappa shape index (κ2) is 10.1. The molecule has 2 aromatic heterocycles. The summed E-state index contributed by atoms with van der Waals surface area (Å²) in [5.41, 5.74) is -0.0617. The van der Waals surface area contributed by atoms with E-state index in [1.165, 1.54) is 12.3 Å². The van der Waals surface area contributed by atoms with Gasteiger partial charge >= 0.3 is 11.9 Å². The number of hydrogen-bond donors (Lipinski definition) is 1. The largest absolute Gasteiger partial charge is 0.464 e. The number of carbonyl (C=O) groups excluding carboxylic acids is 3. The van der Waals surface area contributed by atoms with Gasteiger partial charge in [-0.15, -0.1) is 11.3 Å². The van der Waals surface area contributed by atoms with Gasteiger partial charge in [0.15, 0.2) is 6.61 Å². The van der Waals surface area contributed by atoms with Crippen LogP contribution in [0, 0.1) is 10.1 Å². The van der Waals surface area contributed by atoms with Crippen LogP contribution >= 0.6 is 22.9 Å². The van der Waals surface area contributed by atoms with Gasteiger partial charge in [-0.3, -0.25) is 14.9 Å². The van der Waals surface area contributed by atoms with E-state index in [0.717, 1.165) is 23.5 Å². The Morgan fingerprint density at radius 1 is 1.22 bits per heavy atom. The van der Waals surface area contributed by atoms with E-state index in [1.54, 1.807) is 24.4 Å². The van der Waals surface area contributed by atoms with Crippen molar-refractivity contribution in [3.05, 3.63) is 68.2 Å². The Balaban J connectivity index is 1.73. The summed E-state index contributed by atoms with van der Waals surface area (Å²) in [7, 11) is 0. The molecule has 0 bridgehead atoms. The number of esters is 2. The molecule has 0 fully saturated rings. The molecule has 0 aliphatic carbocycles. The molecule has 3 rings (SSSR count). The minimum absolute atomic E-state index is 0.0630. The minimum atomic E-state index is -1.01. The van der Waals surface area contributed by atoms with Crippen molar-refractivity contribution in [3.63, 3.8) is 0 Å². The number of anilines is 1. The van der Waals surface area contributed by atoms with Gasteiger partial charge in [0.1, 0.15) is 16.3 Å². The number of rotatable bonds is 8. The van der Waals surface area contributed by atoms with Crippen LogP contribution in [0.5, 0.6) is 0 Å². The number of halogens is 1. The van der Waals surface area contributed by atoms with Crippen LogP contribution in [0.4, 0.5) is 10.7 Å². The van der Waals surface area contributed by atoms with Crippen LogP contribution in [0.3, 0.4) is 0 Å². The number of nitro benzene ring substituents is 1. The summed E-state index contributed by atoms with van der Waals surface area (Å²) >= 11 is 6.96. The number of nitrogens with zero attached hydrogens (tertiary/aromatic N) is 1. The van der Waals surface area contributed by atoms with Crippen molar-refractivity contribution in [1.29, 1.82) is 0 Å². The molecule has 12 heteroatoms. The van der Waals surface area contributed by atoms with Crippen LogP contribution in [0.25, 0.3) is 11.3 Å². The maximum Gasteiger partial charge on any atom is 0.341 e. The smallest absolute Gasteiger partial charge is 0.341 e. The van der Waals surface area contributed by atoms with Gasteiger partial charge < -0.3 is 19.2 Å². The second-order valence-corrected chi connectivity index (χ2v) is 7.38. The zero-order chi connectivity index (χ0) is 23.3. The molecule has 3 aromatic rings. The molecule has 2 heterocycles. The van der Waals surface area contributed by atoms with Gasteiger partial charge in [-0.25, -0.2) is 9.59 Å². The van der Waals surface area contributed by atoms with E-state index in [9.17, 15) is 24.5 Å². The fourth-order valence-corrected chi connectivity index (χ4v) is 3.77. The number of furan rings is 1. The summed E-state index contributed by atoms with van der Waals surface area (Å²) in [4.78, 5) is 47.2. The van der Waals surface area contributed by atoms with Crippen LogP contribution < -0.4 is 5.32 Å². The van der Waals surface area contributed by atoms with Gasteiger partial charge in [-0.2, -0.15) is 0 Å². The number of amides is 1. The quantitative estimate of drug-likeness (QED) is 0.283. The Kier molecular flexibility index (Phi) is 7.23. The van der Waals surface area contributed by atoms with Crippen molar-refractivity contribution in [1.82, 2.24) is 0 Å². The molecule has 0 radical (unpaired) electrons. The van der Waals surface area contributed by atoms with Crippen molar-refractivity contribution in [2.45, 2.75) is 6.92 Å². The van der Waals surface area contributed by atoms with Gasteiger partial charge in [0.05, 0.1) is 28.4 Å². The van der Waals surface area contributed by atoms with E-state index >= 15 is 0 Å². The summed E-state index contributed by atoms with van der Waals surface area (Å²) in [5.74, 6) is -1.99. The molecular formula is C20H15ClN2O8S. The van der Waals surface area contributed by atoms with Crippen molar-refractivity contribution in [2.75, 3.05) is 18.5 Å². The number of nitrogens with one attached hydrogen (secondary N) is 1. The SMILES string of the molecule is CCOC(=O)c1c(-c2ccco2)csc1NC(=O)COC(=O)c1cc([N+](=O)[O-])ccc1Cl. The van der Waals surface area contributed by atoms with Gasteiger partial charge in [-0.1, -0.05) is 11.6 Å². The molecule has 166 valence electrons. The molecular weight excluding hydrogens is 464 g/mol. The zero-order valence-electron chi connectivity index (χ0n) is 16.5. The third kappa shape index (κ3) is 5.13. The Labute approximate surface area is 189 Å². The Morgan fingerprint density at radius 2 is 2.00 bits per heavy atom. The van der Waals surface area contributed by atoms with Crippen LogP contribution in [-0.4, -0.2) is 36.0 Å². The molecule has 32 heavy (non-hydrogen) atoms. The molecule has 10 nitrogen and oxygen atoms in total. The number of hydrogen-bond acceptors (Lipinski definition) is 9. The van der Waals surface area contributed by atoms with Crippen LogP contribution in [-0.2, 0) is 14.3 Å². The number of non-ortho nitro benzene ring substituents is 1. The van der Waals surface area contributed by atoms with Gasteiger partial charge in [0, 0.05) is 23.1 Å². The van der Waals surface area contributed by atoms with Gasteiger partial charge in [0.2, 0.25) is 0 Å². The zero-order valence-corrected chi connectivity index (χ0v) is 18.0. The number of benzene rings is 1. The lowest BCUT2D eigenvalue weighted by molar-refractivity contribution is -0.384. The molecule has 0 unspecified atom stereocenters. The highest BCUT2D eigenvalue weighted by molar-refractivity contribution is 7.15. The molecule has 1 N–H and O–H groups in total. The van der Waals surface area contributed by atoms with Crippen LogP contribution in [0.2, 0.25) is 5.02 Å². The van der Waals surface area contributed by atoms with Crippen molar-refractivity contribution in [3.8, 4) is 11.3 Å². The van der Waals surface area contributed by atoms with Crippen molar-refractivity contribution in [2.24, 2.45) is 0 Å². The summed E-state index contributed by atoms with van der Waals surface area (Å²) < 4.78 is 15.3. The second-order valence-electron chi connectivity index (χ2n) is 6.10. The van der Waals surface area contributed by atoms with Gasteiger partial charge in [-0.05, 0) is 25.1 Å². The van der Waals surface area contributed by atoms with E-state index in [2.05, 4.69) is 5.32 Å². The average Bonchev–Trinajstić information content (AvgIpc) is 3.42. The summed E-state index contributed by atoms with van der Waals surface area (Å²) in [5, 5.41) is 15.1. The maximum absolute atomic E-state index is 12.4. The lowest BCUT2D eigenvalue weighted by Gasteiger charge is -2.09. The molecule has 0 aliphatic rings. The Morgan fingerprint density at radius 3 is 2.66 bits per heavy atom. The lowest BCUT2D eigenvalue weighted by atomic mass is 10.1. The average molecular weight is 479 g/mol. The normalized spacial score (nSPS) is 10.4. The summed E-state index contributed by atoms with van der Waals surface area (Å²) in [6.07, 6.45) is 1.44. The highest BCUT2D eigenvalue weighted by Crippen LogP contribution is 2.36. The van der Waals surface area contributed by atoms with Crippen molar-refractivity contribution >= 4 is 51.5 Å². The highest BCUT2D eigenvalue weighted by atomic mass is 35.5. The van der Waals surface area contributed by atoms with E-state index in [0.29, 0.717) is 11.3 Å². The molecule has 0 saturated heterocycles. The van der Waals surface area contributed by atoms with Crippen LogP contribution in [0.15, 0.2) is 46.4 Å². The fourth-order valence-electron chi connectivity index (χ4n) is 2.62. The van der Waals surface area contributed by atoms with Crippen LogP contribution in [0.1, 0.15) is 27.6 Å². The standard InChI is InChI=1S/C20H15ClN2O8S/c1-2-29-20(26)17-13(15-4-3-7-30-15)10-32-18(17)22-16(24)9-31-19(25)12-8-11(23(27)28)5-6-14(12)21/h3-8,10H,2,9H2,1H3,(H,22,24). The first kappa shape index (κ1) is 23.0. The van der Waals surface area contributed by atoms with E-state index < -0.39 is 29.4 Å². The predicted octanol–water partition coefficient (Wildman–Crippen LogP) is 4.54. The lowest BCUT2D eigenvalue weighted by Crippen LogP contribution is -2.22. The summed E-state index contributed by atoms with van der Waals surface area (Å²) in [6, 6.07) is 6.58. The molecule has 0 atom stereocenters. The number of nitro groups is 1. The Bertz CT molecular complexity index is 1170. The third-order valence-corrected chi connectivity index (χ3v) is 5.25. The molecule has 1 amide bonds. The third-order valence-electron chi connectivity index (χ3n) is 4.03. The predicted molar refractivity (Wildman–Crippen MR) is 115 cm³/mol. The minimum Gasteiger partial charge on any atom is -0.464 e.